The Kier molecular flexibility index (Phi) is 6.06. The maximum absolute atomic E-state index is 13.8. The molecule has 4 aromatic carbocycles. The molecule has 0 bridgehead atoms. The van der Waals surface area contributed by atoms with Gasteiger partial charge in [-0.1, -0.05) is 72.8 Å². The molecule has 0 aliphatic heterocycles. The molecule has 0 aliphatic rings. The second-order valence-electron chi connectivity index (χ2n) is 8.57. The molecule has 1 N–H and O–H groups in total. The first-order chi connectivity index (χ1) is 17.3. The average molecular weight is 486 g/mol. The molecule has 0 fully saturated rings. The Hall–Kier alpha value is -4.39. The van der Waals surface area contributed by atoms with Gasteiger partial charge in [-0.05, 0) is 47.4 Å². The molecule has 180 valence electrons. The lowest BCUT2D eigenvalue weighted by Crippen LogP contribution is -2.06. The fourth-order valence-corrected chi connectivity index (χ4v) is 4.43. The first-order valence-electron chi connectivity index (χ1n) is 11.3. The highest BCUT2D eigenvalue weighted by Crippen LogP contribution is 2.38. The molecule has 5 rings (SSSR count). The number of carbonyl (C=O) groups is 1. The lowest BCUT2D eigenvalue weighted by atomic mass is 9.98. The summed E-state index contributed by atoms with van der Waals surface area (Å²) in [6, 6.07) is 27.8. The van der Waals surface area contributed by atoms with Crippen molar-refractivity contribution in [2.45, 2.75) is 19.1 Å². The second-order valence-corrected chi connectivity index (χ2v) is 8.57. The van der Waals surface area contributed by atoms with E-state index in [-0.39, 0.29) is 11.1 Å². The standard InChI is InChI=1S/C29H21F3N2O2/c30-29(31,32)25-14-6-13-24-26(25)33-34(18-19-7-2-1-3-8-19)27(24)22-11-4-9-20(16-22)15-21-10-5-12-23(17-21)28(35)36/h1-14,16-17H,15,18H2,(H,35,36). The molecule has 7 heteroatoms. The van der Waals surface area contributed by atoms with E-state index in [1.165, 1.54) is 12.1 Å². The number of benzene rings is 4. The molecular weight excluding hydrogens is 465 g/mol. The third kappa shape index (κ3) is 4.73. The molecule has 0 atom stereocenters. The van der Waals surface area contributed by atoms with Crippen LogP contribution in [0.3, 0.4) is 0 Å². The van der Waals surface area contributed by atoms with Crippen molar-refractivity contribution in [3.8, 4) is 11.3 Å². The summed E-state index contributed by atoms with van der Waals surface area (Å²) in [4.78, 5) is 11.3. The van der Waals surface area contributed by atoms with Crippen LogP contribution in [0.15, 0.2) is 97.1 Å². The van der Waals surface area contributed by atoms with Crippen molar-refractivity contribution in [3.05, 3.63) is 125 Å². The van der Waals surface area contributed by atoms with Crippen LogP contribution in [0.2, 0.25) is 0 Å². The smallest absolute Gasteiger partial charge is 0.418 e. The topological polar surface area (TPSA) is 55.1 Å². The van der Waals surface area contributed by atoms with Crippen molar-refractivity contribution in [2.24, 2.45) is 0 Å². The van der Waals surface area contributed by atoms with Gasteiger partial charge in [-0.25, -0.2) is 4.79 Å². The first-order valence-corrected chi connectivity index (χ1v) is 11.3. The summed E-state index contributed by atoms with van der Waals surface area (Å²) in [6.07, 6.45) is -4.05. The van der Waals surface area contributed by atoms with Crippen LogP contribution in [0, 0.1) is 0 Å². The highest BCUT2D eigenvalue weighted by atomic mass is 19.4. The zero-order valence-corrected chi connectivity index (χ0v) is 19.0. The molecule has 0 saturated carbocycles. The van der Waals surface area contributed by atoms with E-state index in [1.54, 1.807) is 22.9 Å². The fourth-order valence-electron chi connectivity index (χ4n) is 4.43. The summed E-state index contributed by atoms with van der Waals surface area (Å²) in [7, 11) is 0. The SMILES string of the molecule is O=C(O)c1cccc(Cc2cccc(-c3c4cccc(C(F)(F)F)c4nn3Cc3ccccc3)c2)c1. The molecule has 0 aliphatic carbocycles. The molecule has 36 heavy (non-hydrogen) atoms. The van der Waals surface area contributed by atoms with Crippen molar-refractivity contribution >= 4 is 16.9 Å². The van der Waals surface area contributed by atoms with Gasteiger partial charge in [0.05, 0.1) is 23.4 Å². The number of aromatic carboxylic acids is 1. The minimum Gasteiger partial charge on any atom is -0.478 e. The van der Waals surface area contributed by atoms with Crippen molar-refractivity contribution in [3.63, 3.8) is 0 Å². The maximum Gasteiger partial charge on any atom is 0.418 e. The Bertz CT molecular complexity index is 1560. The number of alkyl halides is 3. The van der Waals surface area contributed by atoms with Crippen LogP contribution in [0.4, 0.5) is 13.2 Å². The zero-order valence-electron chi connectivity index (χ0n) is 19.0. The highest BCUT2D eigenvalue weighted by molar-refractivity contribution is 5.95. The fraction of sp³-hybridized carbons (Fsp3) is 0.103. The average Bonchev–Trinajstić information content (AvgIpc) is 3.22. The van der Waals surface area contributed by atoms with Crippen LogP contribution < -0.4 is 0 Å². The van der Waals surface area contributed by atoms with Gasteiger partial charge in [-0.15, -0.1) is 0 Å². The molecule has 0 saturated heterocycles. The summed E-state index contributed by atoms with van der Waals surface area (Å²) in [5.74, 6) is -0.998. The minimum absolute atomic E-state index is 0.0875. The van der Waals surface area contributed by atoms with Gasteiger partial charge in [0.1, 0.15) is 5.52 Å². The number of nitrogens with zero attached hydrogens (tertiary/aromatic N) is 2. The molecule has 0 radical (unpaired) electrons. The van der Waals surface area contributed by atoms with Gasteiger partial charge in [0.25, 0.3) is 0 Å². The number of carboxylic acid groups (broad SMARTS) is 1. The third-order valence-electron chi connectivity index (χ3n) is 6.03. The highest BCUT2D eigenvalue weighted by Gasteiger charge is 2.34. The van der Waals surface area contributed by atoms with E-state index in [2.05, 4.69) is 5.10 Å². The van der Waals surface area contributed by atoms with E-state index < -0.39 is 17.7 Å². The largest absolute Gasteiger partial charge is 0.478 e. The second kappa shape index (κ2) is 9.34. The van der Waals surface area contributed by atoms with Gasteiger partial charge in [0.2, 0.25) is 0 Å². The number of rotatable bonds is 6. The molecule has 0 amide bonds. The van der Waals surface area contributed by atoms with Crippen LogP contribution in [-0.2, 0) is 19.1 Å². The van der Waals surface area contributed by atoms with E-state index in [4.69, 9.17) is 0 Å². The van der Waals surface area contributed by atoms with Crippen molar-refractivity contribution in [2.75, 3.05) is 0 Å². The molecule has 0 unspecified atom stereocenters. The van der Waals surface area contributed by atoms with Gasteiger partial charge >= 0.3 is 12.1 Å². The number of halogens is 3. The quantitative estimate of drug-likeness (QED) is 0.280. The summed E-state index contributed by atoms with van der Waals surface area (Å²) in [5, 5.41) is 14.1. The van der Waals surface area contributed by atoms with Crippen LogP contribution in [0.5, 0.6) is 0 Å². The summed E-state index contributed by atoms with van der Waals surface area (Å²) >= 11 is 0. The molecule has 1 aromatic heterocycles. The van der Waals surface area contributed by atoms with Crippen LogP contribution >= 0.6 is 0 Å². The molecule has 5 aromatic rings. The zero-order chi connectivity index (χ0) is 25.3. The Morgan fingerprint density at radius 3 is 2.19 bits per heavy atom. The summed E-state index contributed by atoms with van der Waals surface area (Å²) < 4.78 is 43.0. The minimum atomic E-state index is -4.53. The van der Waals surface area contributed by atoms with E-state index >= 15 is 0 Å². The van der Waals surface area contributed by atoms with Gasteiger partial charge in [0.15, 0.2) is 0 Å². The van der Waals surface area contributed by atoms with E-state index in [0.717, 1.165) is 28.3 Å². The Labute approximate surface area is 205 Å². The van der Waals surface area contributed by atoms with E-state index in [1.807, 2.05) is 60.7 Å². The third-order valence-corrected chi connectivity index (χ3v) is 6.03. The Morgan fingerprint density at radius 2 is 1.47 bits per heavy atom. The molecular formula is C29H21F3N2O2. The van der Waals surface area contributed by atoms with Gasteiger partial charge in [-0.3, -0.25) is 4.68 Å². The predicted molar refractivity (Wildman–Crippen MR) is 132 cm³/mol. The van der Waals surface area contributed by atoms with Crippen molar-refractivity contribution in [1.29, 1.82) is 0 Å². The number of hydrogen-bond acceptors (Lipinski definition) is 2. The first kappa shape index (κ1) is 23.4. The van der Waals surface area contributed by atoms with Crippen LogP contribution in [0.25, 0.3) is 22.2 Å². The molecule has 0 spiro atoms. The summed E-state index contributed by atoms with van der Waals surface area (Å²) in [5.41, 5.74) is 3.33. The lowest BCUT2D eigenvalue weighted by Gasteiger charge is -2.11. The van der Waals surface area contributed by atoms with Crippen LogP contribution in [0.1, 0.15) is 32.6 Å². The monoisotopic (exact) mass is 486 g/mol. The van der Waals surface area contributed by atoms with E-state index in [9.17, 15) is 23.1 Å². The van der Waals surface area contributed by atoms with E-state index in [0.29, 0.717) is 24.0 Å². The summed E-state index contributed by atoms with van der Waals surface area (Å²) in [6.45, 7) is 0.313. The number of aromatic nitrogens is 2. The van der Waals surface area contributed by atoms with Crippen molar-refractivity contribution in [1.82, 2.24) is 9.78 Å². The van der Waals surface area contributed by atoms with Crippen molar-refractivity contribution < 1.29 is 23.1 Å². The van der Waals surface area contributed by atoms with Gasteiger partial charge in [0, 0.05) is 10.9 Å². The van der Waals surface area contributed by atoms with Gasteiger partial charge < -0.3 is 5.11 Å². The maximum atomic E-state index is 13.8. The predicted octanol–water partition coefficient (Wildman–Crippen LogP) is 7.06. The number of hydrogen-bond donors (Lipinski definition) is 1. The normalized spacial score (nSPS) is 11.6. The molecule has 1 heterocycles. The lowest BCUT2D eigenvalue weighted by molar-refractivity contribution is -0.136. The van der Waals surface area contributed by atoms with Crippen LogP contribution in [-0.4, -0.2) is 20.9 Å². The Morgan fingerprint density at radius 1 is 0.806 bits per heavy atom. The molecule has 4 nitrogen and oxygen atoms in total. The Balaban J connectivity index is 1.62. The van der Waals surface area contributed by atoms with Gasteiger partial charge in [-0.2, -0.15) is 18.3 Å². The number of fused-ring (bicyclic) bond motifs is 1. The number of carboxylic acids is 1.